The van der Waals surface area contributed by atoms with E-state index in [1.807, 2.05) is 0 Å². The summed E-state index contributed by atoms with van der Waals surface area (Å²) >= 11 is 0. The molecule has 0 aromatic carbocycles. The monoisotopic (exact) mass is 182 g/mol. The van der Waals surface area contributed by atoms with Gasteiger partial charge in [-0.15, -0.1) is 0 Å². The van der Waals surface area contributed by atoms with Gasteiger partial charge < -0.3 is 10.2 Å². The third-order valence-corrected chi connectivity index (χ3v) is 3.63. The van der Waals surface area contributed by atoms with Crippen LogP contribution in [0.25, 0.3) is 0 Å². The molecule has 2 aliphatic heterocycles. The van der Waals surface area contributed by atoms with Crippen LogP contribution >= 0.6 is 0 Å². The van der Waals surface area contributed by atoms with Gasteiger partial charge in [-0.25, -0.2) is 0 Å². The van der Waals surface area contributed by atoms with E-state index in [-0.39, 0.29) is 0 Å². The zero-order valence-electron chi connectivity index (χ0n) is 8.76. The van der Waals surface area contributed by atoms with Crippen LogP contribution in [0, 0.1) is 11.8 Å². The quantitative estimate of drug-likeness (QED) is 0.708. The topological polar surface area (TPSA) is 15.3 Å². The van der Waals surface area contributed by atoms with Crippen LogP contribution in [0.3, 0.4) is 0 Å². The molecule has 0 amide bonds. The summed E-state index contributed by atoms with van der Waals surface area (Å²) < 4.78 is 0. The number of likely N-dealkylation sites (tertiary alicyclic amines) is 1. The molecule has 0 saturated carbocycles. The minimum Gasteiger partial charge on any atom is -0.316 e. The van der Waals surface area contributed by atoms with Crippen molar-refractivity contribution in [1.29, 1.82) is 0 Å². The molecule has 0 bridgehead atoms. The smallest absolute Gasteiger partial charge is 0.00224 e. The number of nitrogens with one attached hydrogen (secondary N) is 1. The Morgan fingerprint density at radius 1 is 1.31 bits per heavy atom. The van der Waals surface area contributed by atoms with Crippen molar-refractivity contribution in [1.82, 2.24) is 10.2 Å². The molecule has 0 radical (unpaired) electrons. The Kier molecular flexibility index (Phi) is 3.23. The Labute approximate surface area is 81.7 Å². The number of rotatable bonds is 3. The summed E-state index contributed by atoms with van der Waals surface area (Å²) in [5, 5.41) is 3.44. The standard InChI is InChI=1S/C11H22N2/c1-2-10-4-6-13(8-10)9-11-3-5-12-7-11/h10-12H,2-9H2,1H3. The molecule has 0 aliphatic carbocycles. The number of nitrogens with zero attached hydrogens (tertiary/aromatic N) is 1. The van der Waals surface area contributed by atoms with Gasteiger partial charge in [0.15, 0.2) is 0 Å². The lowest BCUT2D eigenvalue weighted by atomic mass is 10.1. The molecular weight excluding hydrogens is 160 g/mol. The summed E-state index contributed by atoms with van der Waals surface area (Å²) in [4.78, 5) is 2.67. The maximum atomic E-state index is 3.44. The summed E-state index contributed by atoms with van der Waals surface area (Å²) in [6.45, 7) is 8.90. The Morgan fingerprint density at radius 3 is 2.85 bits per heavy atom. The minimum absolute atomic E-state index is 0.940. The second-order valence-electron chi connectivity index (χ2n) is 4.68. The van der Waals surface area contributed by atoms with Crippen molar-refractivity contribution in [3.8, 4) is 0 Å². The van der Waals surface area contributed by atoms with Crippen molar-refractivity contribution in [2.24, 2.45) is 11.8 Å². The van der Waals surface area contributed by atoms with Crippen molar-refractivity contribution in [2.75, 3.05) is 32.7 Å². The lowest BCUT2D eigenvalue weighted by Crippen LogP contribution is -2.28. The first kappa shape index (κ1) is 9.47. The fraction of sp³-hybridized carbons (Fsp3) is 1.00. The first-order valence-corrected chi connectivity index (χ1v) is 5.81. The summed E-state index contributed by atoms with van der Waals surface area (Å²) in [6, 6.07) is 0. The van der Waals surface area contributed by atoms with E-state index < -0.39 is 0 Å². The predicted molar refractivity (Wildman–Crippen MR) is 55.8 cm³/mol. The first-order chi connectivity index (χ1) is 6.38. The summed E-state index contributed by atoms with van der Waals surface area (Å²) in [5.74, 6) is 1.94. The molecule has 2 heteroatoms. The van der Waals surface area contributed by atoms with Gasteiger partial charge in [0.25, 0.3) is 0 Å². The van der Waals surface area contributed by atoms with Crippen LogP contribution in [-0.4, -0.2) is 37.6 Å². The highest BCUT2D eigenvalue weighted by molar-refractivity contribution is 4.80. The fourth-order valence-corrected chi connectivity index (χ4v) is 2.65. The molecule has 13 heavy (non-hydrogen) atoms. The van der Waals surface area contributed by atoms with Gasteiger partial charge in [-0.05, 0) is 44.3 Å². The Morgan fingerprint density at radius 2 is 2.23 bits per heavy atom. The SMILES string of the molecule is CCC1CCN(CC2CCNC2)C1. The van der Waals surface area contributed by atoms with Gasteiger partial charge in [0, 0.05) is 13.1 Å². The molecular formula is C11H22N2. The maximum absolute atomic E-state index is 3.44. The van der Waals surface area contributed by atoms with Crippen LogP contribution in [0.2, 0.25) is 0 Å². The van der Waals surface area contributed by atoms with E-state index in [0.29, 0.717) is 0 Å². The molecule has 2 heterocycles. The highest BCUT2D eigenvalue weighted by Crippen LogP contribution is 2.21. The lowest BCUT2D eigenvalue weighted by Gasteiger charge is -2.19. The van der Waals surface area contributed by atoms with Gasteiger partial charge in [-0.2, -0.15) is 0 Å². The van der Waals surface area contributed by atoms with Crippen molar-refractivity contribution >= 4 is 0 Å². The van der Waals surface area contributed by atoms with Gasteiger partial charge in [0.1, 0.15) is 0 Å². The van der Waals surface area contributed by atoms with E-state index in [1.165, 1.54) is 52.0 Å². The van der Waals surface area contributed by atoms with Crippen LogP contribution in [0.5, 0.6) is 0 Å². The largest absolute Gasteiger partial charge is 0.316 e. The van der Waals surface area contributed by atoms with Crippen molar-refractivity contribution in [3.05, 3.63) is 0 Å². The van der Waals surface area contributed by atoms with Crippen LogP contribution in [0.15, 0.2) is 0 Å². The van der Waals surface area contributed by atoms with Crippen LogP contribution in [0.4, 0.5) is 0 Å². The van der Waals surface area contributed by atoms with E-state index in [4.69, 9.17) is 0 Å². The third kappa shape index (κ3) is 2.44. The zero-order chi connectivity index (χ0) is 9.10. The molecule has 0 spiro atoms. The van der Waals surface area contributed by atoms with E-state index in [9.17, 15) is 0 Å². The molecule has 1 N–H and O–H groups in total. The predicted octanol–water partition coefficient (Wildman–Crippen LogP) is 1.33. The molecule has 2 saturated heterocycles. The van der Waals surface area contributed by atoms with Gasteiger partial charge in [0.2, 0.25) is 0 Å². The highest BCUT2D eigenvalue weighted by atomic mass is 15.2. The van der Waals surface area contributed by atoms with E-state index in [1.54, 1.807) is 0 Å². The van der Waals surface area contributed by atoms with Crippen molar-refractivity contribution < 1.29 is 0 Å². The lowest BCUT2D eigenvalue weighted by molar-refractivity contribution is 0.276. The summed E-state index contributed by atoms with van der Waals surface area (Å²) in [5.41, 5.74) is 0. The van der Waals surface area contributed by atoms with Gasteiger partial charge in [-0.1, -0.05) is 13.3 Å². The minimum atomic E-state index is 0.940. The van der Waals surface area contributed by atoms with E-state index in [2.05, 4.69) is 17.1 Å². The average Bonchev–Trinajstić information content (AvgIpc) is 2.76. The van der Waals surface area contributed by atoms with Gasteiger partial charge >= 0.3 is 0 Å². The molecule has 2 nitrogen and oxygen atoms in total. The number of hydrogen-bond donors (Lipinski definition) is 1. The molecule has 76 valence electrons. The normalized spacial score (nSPS) is 35.8. The van der Waals surface area contributed by atoms with E-state index in [0.717, 1.165) is 11.8 Å². The second-order valence-corrected chi connectivity index (χ2v) is 4.68. The van der Waals surface area contributed by atoms with Crippen LogP contribution < -0.4 is 5.32 Å². The van der Waals surface area contributed by atoms with Crippen molar-refractivity contribution in [2.45, 2.75) is 26.2 Å². The Hall–Kier alpha value is -0.0800. The van der Waals surface area contributed by atoms with Crippen LogP contribution in [0.1, 0.15) is 26.2 Å². The molecule has 0 aromatic rings. The summed E-state index contributed by atoms with van der Waals surface area (Å²) in [7, 11) is 0. The molecule has 0 aromatic heterocycles. The Balaban J connectivity index is 1.70. The Bertz CT molecular complexity index is 152. The fourth-order valence-electron chi connectivity index (χ4n) is 2.65. The molecule has 2 atom stereocenters. The molecule has 2 unspecified atom stereocenters. The second kappa shape index (κ2) is 4.43. The third-order valence-electron chi connectivity index (χ3n) is 3.63. The highest BCUT2D eigenvalue weighted by Gasteiger charge is 2.24. The van der Waals surface area contributed by atoms with Crippen LogP contribution in [-0.2, 0) is 0 Å². The number of hydrogen-bond acceptors (Lipinski definition) is 2. The summed E-state index contributed by atoms with van der Waals surface area (Å²) in [6.07, 6.45) is 4.21. The van der Waals surface area contributed by atoms with Gasteiger partial charge in [0.05, 0.1) is 0 Å². The van der Waals surface area contributed by atoms with Gasteiger partial charge in [-0.3, -0.25) is 0 Å². The van der Waals surface area contributed by atoms with E-state index >= 15 is 0 Å². The van der Waals surface area contributed by atoms with Crippen molar-refractivity contribution in [3.63, 3.8) is 0 Å². The molecule has 2 aliphatic rings. The molecule has 2 fully saturated rings. The zero-order valence-corrected chi connectivity index (χ0v) is 8.76. The molecule has 2 rings (SSSR count). The first-order valence-electron chi connectivity index (χ1n) is 5.81. The maximum Gasteiger partial charge on any atom is 0.00224 e. The average molecular weight is 182 g/mol.